The summed E-state index contributed by atoms with van der Waals surface area (Å²) in [6, 6.07) is 0. The van der Waals surface area contributed by atoms with Crippen LogP contribution in [0.15, 0.2) is 11.6 Å². The molecule has 0 bridgehead atoms. The third-order valence-electron chi connectivity index (χ3n) is 5.17. The summed E-state index contributed by atoms with van der Waals surface area (Å²) in [5.41, 5.74) is -0.619. The largest absolute Gasteiger partial charge is 0.478 e. The first-order valence-electron chi connectivity index (χ1n) is 9.32. The molecule has 0 aliphatic heterocycles. The molecule has 0 fully saturated rings. The first-order valence-corrected chi connectivity index (χ1v) is 9.32. The van der Waals surface area contributed by atoms with E-state index in [1.54, 1.807) is 0 Å². The van der Waals surface area contributed by atoms with E-state index in [-0.39, 0.29) is 6.42 Å². The average Bonchev–Trinajstić information content (AvgIpc) is 3.06. The Morgan fingerprint density at radius 3 is 1.51 bits per heavy atom. The normalized spacial score (nSPS) is 21.3. The predicted molar refractivity (Wildman–Crippen MR) is 84.5 cm³/mol. The fraction of sp³-hybridized carbons (Fsp3) is 0.824. The van der Waals surface area contributed by atoms with Crippen LogP contribution in [0, 0.1) is 5.92 Å². The molecule has 0 heterocycles. The summed E-state index contributed by atoms with van der Waals surface area (Å²) in [5, 5.41) is 8.88. The molecule has 0 aromatic rings. The second kappa shape index (κ2) is 9.32. The minimum atomic E-state index is -8.68. The van der Waals surface area contributed by atoms with Gasteiger partial charge in [-0.3, -0.25) is 0 Å². The van der Waals surface area contributed by atoms with Gasteiger partial charge in [0, 0.05) is 6.42 Å². The molecule has 0 aromatic heterocycles. The Morgan fingerprint density at radius 1 is 0.757 bits per heavy atom. The van der Waals surface area contributed by atoms with E-state index in [1.165, 1.54) is 6.92 Å². The molecule has 2 unspecified atom stereocenters. The van der Waals surface area contributed by atoms with Crippen molar-refractivity contribution in [3.63, 3.8) is 0 Å². The number of carboxylic acids is 1. The summed E-state index contributed by atoms with van der Waals surface area (Å²) in [6.45, 7) is -0.485. The van der Waals surface area contributed by atoms with Gasteiger partial charge >= 0.3 is 53.6 Å². The molecule has 0 saturated carbocycles. The number of rotatable bonds is 11. The lowest BCUT2D eigenvalue weighted by Crippen LogP contribution is -2.74. The topological polar surface area (TPSA) is 46.5 Å². The van der Waals surface area contributed by atoms with Crippen LogP contribution in [-0.2, 0) is 9.53 Å². The van der Waals surface area contributed by atoms with Crippen molar-refractivity contribution >= 4 is 5.97 Å². The van der Waals surface area contributed by atoms with Crippen molar-refractivity contribution in [2.45, 2.75) is 73.5 Å². The van der Waals surface area contributed by atoms with Gasteiger partial charge in [-0.15, -0.1) is 0 Å². The molecule has 20 heteroatoms. The summed E-state index contributed by atoms with van der Waals surface area (Å²) in [4.78, 5) is 11.0. The number of halogens is 17. The molecule has 3 nitrogen and oxygen atoms in total. The third-order valence-corrected chi connectivity index (χ3v) is 5.17. The number of allylic oxidation sites excluding steroid dienone is 1. The smallest absolute Gasteiger partial charge is 0.460 e. The fourth-order valence-electron chi connectivity index (χ4n) is 3.00. The molecule has 0 spiro atoms. The fourth-order valence-corrected chi connectivity index (χ4v) is 3.00. The zero-order valence-corrected chi connectivity index (χ0v) is 17.5. The zero-order valence-electron chi connectivity index (χ0n) is 17.5. The molecule has 0 radical (unpaired) electrons. The molecule has 0 aromatic carbocycles. The van der Waals surface area contributed by atoms with E-state index in [1.807, 2.05) is 0 Å². The Kier molecular flexibility index (Phi) is 8.31. The van der Waals surface area contributed by atoms with Gasteiger partial charge in [0.2, 0.25) is 0 Å². The van der Waals surface area contributed by atoms with Crippen LogP contribution in [0.2, 0.25) is 0 Å². The lowest BCUT2D eigenvalue weighted by atomic mass is 9.88. The Balaban J connectivity index is 3.30. The van der Waals surface area contributed by atoms with Gasteiger partial charge in [0.05, 0.1) is 18.3 Å². The first kappa shape index (κ1) is 33.0. The van der Waals surface area contributed by atoms with Crippen molar-refractivity contribution in [2.24, 2.45) is 5.92 Å². The van der Waals surface area contributed by atoms with Crippen LogP contribution in [0.3, 0.4) is 0 Å². The highest BCUT2D eigenvalue weighted by molar-refractivity contribution is 5.88. The molecular weight excluding hydrogens is 575 g/mol. The summed E-state index contributed by atoms with van der Waals surface area (Å²) in [7, 11) is 0. The molecule has 2 atom stereocenters. The molecule has 1 aliphatic carbocycles. The monoisotopic (exact) mass is 588 g/mol. The molecule has 0 saturated heterocycles. The van der Waals surface area contributed by atoms with E-state index >= 15 is 0 Å². The molecule has 1 N–H and O–H groups in total. The van der Waals surface area contributed by atoms with E-state index in [0.717, 1.165) is 6.08 Å². The van der Waals surface area contributed by atoms with Crippen LogP contribution in [0.25, 0.3) is 0 Å². The second-order valence-electron chi connectivity index (χ2n) is 7.90. The van der Waals surface area contributed by atoms with Gasteiger partial charge in [0.1, 0.15) is 0 Å². The minimum Gasteiger partial charge on any atom is -0.478 e. The van der Waals surface area contributed by atoms with Crippen molar-refractivity contribution in [1.82, 2.24) is 0 Å². The van der Waals surface area contributed by atoms with Gasteiger partial charge in [-0.1, -0.05) is 13.0 Å². The van der Waals surface area contributed by atoms with E-state index in [4.69, 9.17) is 5.11 Å². The lowest BCUT2D eigenvalue weighted by Gasteiger charge is -2.42. The summed E-state index contributed by atoms with van der Waals surface area (Å²) >= 11 is 0. The number of hydrogen-bond acceptors (Lipinski definition) is 2. The zero-order chi connectivity index (χ0) is 29.8. The van der Waals surface area contributed by atoms with E-state index in [9.17, 15) is 79.4 Å². The van der Waals surface area contributed by atoms with Gasteiger partial charge in [-0.05, 0) is 12.3 Å². The number of alkyl halides is 17. The van der Waals surface area contributed by atoms with Crippen LogP contribution >= 0.6 is 0 Å². The number of ether oxygens (including phenoxy) is 1. The maximum atomic E-state index is 13.8. The Labute approximate surface area is 194 Å². The Hall–Kier alpha value is -2.02. The number of aliphatic carboxylic acids is 1. The van der Waals surface area contributed by atoms with Gasteiger partial charge < -0.3 is 9.84 Å². The highest BCUT2D eigenvalue weighted by Gasteiger charge is 2.95. The van der Waals surface area contributed by atoms with Crippen LogP contribution < -0.4 is 0 Å². The van der Waals surface area contributed by atoms with E-state index < -0.39 is 84.2 Å². The maximum absolute atomic E-state index is 13.8. The SMILES string of the molecule is CC1C=C(C(=O)O)C(OCCC(F)(F)C(F)(F)C(F)(F)C(F)(F)C(F)(F)C(F)(F)C(F)(F)C(F)(F)F)C1. The number of hydrogen-bond donors (Lipinski definition) is 1. The standard InChI is InChI=1S/C17H13F17O3/c1-6-4-7(9(35)36)8(5-6)37-3-2-10(18,19)11(20,21)12(22,23)13(24,25)14(26,27)15(28,29)16(30,31)17(32,33)34/h4,6,8H,2-3,5H2,1H3,(H,35,36). The summed E-state index contributed by atoms with van der Waals surface area (Å²) < 4.78 is 229. The van der Waals surface area contributed by atoms with Crippen molar-refractivity contribution in [1.29, 1.82) is 0 Å². The molecule has 1 aliphatic rings. The lowest BCUT2D eigenvalue weighted by molar-refractivity contribution is -0.462. The van der Waals surface area contributed by atoms with E-state index in [0.29, 0.717) is 0 Å². The van der Waals surface area contributed by atoms with Crippen molar-refractivity contribution in [3.8, 4) is 0 Å². The first-order chi connectivity index (χ1) is 16.0. The quantitative estimate of drug-likeness (QED) is 0.270. The van der Waals surface area contributed by atoms with Crippen molar-refractivity contribution in [3.05, 3.63) is 11.6 Å². The van der Waals surface area contributed by atoms with Gasteiger partial charge in [0.25, 0.3) is 0 Å². The summed E-state index contributed by atoms with van der Waals surface area (Å²) in [5.74, 6) is -59.1. The molecule has 37 heavy (non-hydrogen) atoms. The van der Waals surface area contributed by atoms with Crippen LogP contribution in [0.5, 0.6) is 0 Å². The van der Waals surface area contributed by atoms with Crippen LogP contribution in [0.1, 0.15) is 19.8 Å². The molecular formula is C17H13F17O3. The maximum Gasteiger partial charge on any atom is 0.460 e. The minimum absolute atomic E-state index is 0.285. The molecule has 1 rings (SSSR count). The van der Waals surface area contributed by atoms with Crippen molar-refractivity contribution in [2.75, 3.05) is 6.61 Å². The van der Waals surface area contributed by atoms with Gasteiger partial charge in [-0.2, -0.15) is 74.6 Å². The Bertz CT molecular complexity index is 890. The Morgan fingerprint density at radius 2 is 1.14 bits per heavy atom. The van der Waals surface area contributed by atoms with Crippen molar-refractivity contribution < 1.29 is 89.3 Å². The average molecular weight is 588 g/mol. The molecule has 218 valence electrons. The van der Waals surface area contributed by atoms with Crippen LogP contribution in [0.4, 0.5) is 74.6 Å². The predicted octanol–water partition coefficient (Wildman–Crippen LogP) is 6.82. The molecule has 0 amide bonds. The summed E-state index contributed by atoms with van der Waals surface area (Å²) in [6.07, 6.45) is -11.5. The van der Waals surface area contributed by atoms with Gasteiger partial charge in [-0.25, -0.2) is 4.79 Å². The number of carboxylic acid groups (broad SMARTS) is 1. The van der Waals surface area contributed by atoms with E-state index in [2.05, 4.69) is 4.74 Å². The van der Waals surface area contributed by atoms with Gasteiger partial charge in [0.15, 0.2) is 0 Å². The highest BCUT2D eigenvalue weighted by atomic mass is 19.4. The number of carbonyl (C=O) groups is 1. The second-order valence-corrected chi connectivity index (χ2v) is 7.90. The third kappa shape index (κ3) is 4.93. The highest BCUT2D eigenvalue weighted by Crippen LogP contribution is 2.64. The van der Waals surface area contributed by atoms with Crippen LogP contribution in [-0.4, -0.2) is 71.4 Å².